The van der Waals surface area contributed by atoms with Gasteiger partial charge in [0.1, 0.15) is 28.5 Å². The summed E-state index contributed by atoms with van der Waals surface area (Å²) in [6, 6.07) is 15.0. The van der Waals surface area contributed by atoms with E-state index >= 15 is 0 Å². The second-order valence-electron chi connectivity index (χ2n) is 6.00. The van der Waals surface area contributed by atoms with E-state index in [2.05, 4.69) is 10.3 Å². The number of carbonyl (C=O) groups excluding carboxylic acids is 1. The van der Waals surface area contributed by atoms with E-state index < -0.39 is 17.5 Å². The SMILES string of the molecule is O=C(NCc1ccco1)c1cc2ccccc2oc1=Nc1cc(F)cc(F)c1. The predicted octanol–water partition coefficient (Wildman–Crippen LogP) is 4.47. The summed E-state index contributed by atoms with van der Waals surface area (Å²) in [7, 11) is 0. The van der Waals surface area contributed by atoms with Crippen molar-refractivity contribution < 1.29 is 22.4 Å². The number of nitrogens with one attached hydrogen (secondary N) is 1. The Bertz CT molecular complexity index is 1190. The van der Waals surface area contributed by atoms with Crippen molar-refractivity contribution in [2.75, 3.05) is 0 Å². The van der Waals surface area contributed by atoms with E-state index in [1.165, 1.54) is 6.26 Å². The molecule has 0 saturated heterocycles. The molecule has 1 N–H and O–H groups in total. The van der Waals surface area contributed by atoms with Crippen LogP contribution in [0.25, 0.3) is 11.0 Å². The molecule has 4 aromatic rings. The number of benzene rings is 2. The van der Waals surface area contributed by atoms with E-state index in [0.717, 1.165) is 18.2 Å². The van der Waals surface area contributed by atoms with Gasteiger partial charge in [0.25, 0.3) is 5.91 Å². The third-order valence-electron chi connectivity index (χ3n) is 3.98. The lowest BCUT2D eigenvalue weighted by Crippen LogP contribution is -2.28. The minimum absolute atomic E-state index is 0.00313. The number of rotatable bonds is 4. The van der Waals surface area contributed by atoms with Crippen LogP contribution in [-0.4, -0.2) is 5.91 Å². The van der Waals surface area contributed by atoms with E-state index in [1.807, 2.05) is 0 Å². The first kappa shape index (κ1) is 17.7. The van der Waals surface area contributed by atoms with Gasteiger partial charge in [0.2, 0.25) is 5.55 Å². The third kappa shape index (κ3) is 3.83. The maximum atomic E-state index is 13.5. The Balaban J connectivity index is 1.80. The Morgan fingerprint density at radius 2 is 1.79 bits per heavy atom. The number of fused-ring (bicyclic) bond motifs is 1. The molecule has 0 aliphatic rings. The highest BCUT2D eigenvalue weighted by molar-refractivity contribution is 5.96. The van der Waals surface area contributed by atoms with Crippen LogP contribution in [0.4, 0.5) is 14.5 Å². The fourth-order valence-corrected chi connectivity index (χ4v) is 2.71. The molecule has 5 nitrogen and oxygen atoms in total. The number of furan rings is 1. The van der Waals surface area contributed by atoms with Gasteiger partial charge in [-0.1, -0.05) is 18.2 Å². The van der Waals surface area contributed by atoms with E-state index in [9.17, 15) is 13.6 Å². The van der Waals surface area contributed by atoms with E-state index in [-0.39, 0.29) is 23.3 Å². The highest BCUT2D eigenvalue weighted by Gasteiger charge is 2.13. The van der Waals surface area contributed by atoms with Gasteiger partial charge in [-0.2, -0.15) is 0 Å². The van der Waals surface area contributed by atoms with Gasteiger partial charge >= 0.3 is 0 Å². The summed E-state index contributed by atoms with van der Waals surface area (Å²) < 4.78 is 37.9. The van der Waals surface area contributed by atoms with Crippen molar-refractivity contribution in [2.24, 2.45) is 4.99 Å². The second kappa shape index (κ2) is 7.48. The topological polar surface area (TPSA) is 67.7 Å². The zero-order chi connectivity index (χ0) is 19.5. The van der Waals surface area contributed by atoms with E-state index in [1.54, 1.807) is 42.5 Å². The van der Waals surface area contributed by atoms with Gasteiger partial charge in [-0.25, -0.2) is 13.8 Å². The average molecular weight is 380 g/mol. The highest BCUT2D eigenvalue weighted by atomic mass is 19.1. The summed E-state index contributed by atoms with van der Waals surface area (Å²) in [5.41, 5.74) is 0.563. The van der Waals surface area contributed by atoms with Crippen molar-refractivity contribution in [3.8, 4) is 0 Å². The second-order valence-corrected chi connectivity index (χ2v) is 6.00. The van der Waals surface area contributed by atoms with Crippen molar-refractivity contribution in [3.05, 3.63) is 95.4 Å². The van der Waals surface area contributed by atoms with Crippen LogP contribution in [0.3, 0.4) is 0 Å². The van der Waals surface area contributed by atoms with Gasteiger partial charge in [0.05, 0.1) is 18.5 Å². The molecule has 1 amide bonds. The van der Waals surface area contributed by atoms with Crippen molar-refractivity contribution in [3.63, 3.8) is 0 Å². The molecule has 140 valence electrons. The lowest BCUT2D eigenvalue weighted by molar-refractivity contribution is 0.0944. The van der Waals surface area contributed by atoms with Gasteiger partial charge in [-0.3, -0.25) is 4.79 Å². The summed E-state index contributed by atoms with van der Waals surface area (Å²) >= 11 is 0. The van der Waals surface area contributed by atoms with Crippen molar-refractivity contribution in [1.29, 1.82) is 0 Å². The summed E-state index contributed by atoms with van der Waals surface area (Å²) in [6.45, 7) is 0.173. The number of para-hydroxylation sites is 1. The van der Waals surface area contributed by atoms with Gasteiger partial charge in [0.15, 0.2) is 0 Å². The molecule has 7 heteroatoms. The largest absolute Gasteiger partial charge is 0.467 e. The third-order valence-corrected chi connectivity index (χ3v) is 3.98. The maximum Gasteiger partial charge on any atom is 0.257 e. The molecule has 2 aromatic carbocycles. The maximum absolute atomic E-state index is 13.5. The van der Waals surface area contributed by atoms with E-state index in [0.29, 0.717) is 16.7 Å². The van der Waals surface area contributed by atoms with Crippen LogP contribution < -0.4 is 10.9 Å². The number of hydrogen-bond acceptors (Lipinski definition) is 4. The van der Waals surface area contributed by atoms with Crippen LogP contribution in [0.2, 0.25) is 0 Å². The molecule has 0 unspecified atom stereocenters. The number of halogens is 2. The first-order chi connectivity index (χ1) is 13.6. The fraction of sp³-hybridized carbons (Fsp3) is 0.0476. The van der Waals surface area contributed by atoms with Crippen LogP contribution in [0, 0.1) is 11.6 Å². The van der Waals surface area contributed by atoms with Crippen LogP contribution in [-0.2, 0) is 6.54 Å². The zero-order valence-corrected chi connectivity index (χ0v) is 14.5. The first-order valence-electron chi connectivity index (χ1n) is 8.43. The molecule has 0 spiro atoms. The van der Waals surface area contributed by atoms with E-state index in [4.69, 9.17) is 8.83 Å². The minimum Gasteiger partial charge on any atom is -0.467 e. The normalized spacial score (nSPS) is 11.7. The van der Waals surface area contributed by atoms with Crippen molar-refractivity contribution in [2.45, 2.75) is 6.54 Å². The molecular weight excluding hydrogens is 366 g/mol. The number of nitrogens with zero attached hydrogens (tertiary/aromatic N) is 1. The molecule has 28 heavy (non-hydrogen) atoms. The molecule has 0 bridgehead atoms. The standard InChI is InChI=1S/C21H14F2N2O3/c22-14-9-15(23)11-16(10-14)25-21-18(8-13-4-1-2-6-19(13)28-21)20(26)24-12-17-5-3-7-27-17/h1-11H,12H2,(H,24,26). The van der Waals surface area contributed by atoms with Gasteiger partial charge in [-0.05, 0) is 36.4 Å². The lowest BCUT2D eigenvalue weighted by Gasteiger charge is -2.06. The molecule has 0 atom stereocenters. The van der Waals surface area contributed by atoms with Crippen molar-refractivity contribution in [1.82, 2.24) is 5.32 Å². The quantitative estimate of drug-likeness (QED) is 0.568. The fourth-order valence-electron chi connectivity index (χ4n) is 2.71. The highest BCUT2D eigenvalue weighted by Crippen LogP contribution is 2.17. The van der Waals surface area contributed by atoms with Crippen LogP contribution in [0.5, 0.6) is 0 Å². The minimum atomic E-state index is -0.775. The molecular formula is C21H14F2N2O3. The Kier molecular flexibility index (Phi) is 4.72. The number of hydrogen-bond donors (Lipinski definition) is 1. The van der Waals surface area contributed by atoms with Crippen LogP contribution >= 0.6 is 0 Å². The van der Waals surface area contributed by atoms with Crippen LogP contribution in [0.15, 0.2) is 80.8 Å². The molecule has 0 radical (unpaired) electrons. The first-order valence-corrected chi connectivity index (χ1v) is 8.43. The molecule has 2 aromatic heterocycles. The summed E-state index contributed by atoms with van der Waals surface area (Å²) in [5, 5.41) is 3.40. The summed E-state index contributed by atoms with van der Waals surface area (Å²) in [6.07, 6.45) is 1.51. The Morgan fingerprint density at radius 1 is 1.00 bits per heavy atom. The average Bonchev–Trinajstić information content (AvgIpc) is 3.18. The van der Waals surface area contributed by atoms with Gasteiger partial charge < -0.3 is 14.2 Å². The predicted molar refractivity (Wildman–Crippen MR) is 97.7 cm³/mol. The Morgan fingerprint density at radius 3 is 2.54 bits per heavy atom. The van der Waals surface area contributed by atoms with Crippen LogP contribution in [0.1, 0.15) is 16.1 Å². The summed E-state index contributed by atoms with van der Waals surface area (Å²) in [5.74, 6) is -1.43. The lowest BCUT2D eigenvalue weighted by atomic mass is 10.1. The number of amides is 1. The van der Waals surface area contributed by atoms with Gasteiger partial charge in [0, 0.05) is 11.5 Å². The number of carbonyl (C=O) groups is 1. The monoisotopic (exact) mass is 380 g/mol. The zero-order valence-electron chi connectivity index (χ0n) is 14.5. The van der Waals surface area contributed by atoms with Gasteiger partial charge in [-0.15, -0.1) is 0 Å². The van der Waals surface area contributed by atoms with Crippen molar-refractivity contribution >= 4 is 22.6 Å². The Labute approximate surface area is 157 Å². The molecule has 0 saturated carbocycles. The summed E-state index contributed by atoms with van der Waals surface area (Å²) in [4.78, 5) is 16.9. The molecule has 0 aliphatic heterocycles. The Hall–Kier alpha value is -3.74. The molecule has 0 fully saturated rings. The smallest absolute Gasteiger partial charge is 0.257 e. The molecule has 4 rings (SSSR count). The molecule has 0 aliphatic carbocycles. The molecule has 2 heterocycles.